The number of hydrogen-bond acceptors (Lipinski definition) is 3. The van der Waals surface area contributed by atoms with Crippen LogP contribution in [-0.4, -0.2) is 47.8 Å². The lowest BCUT2D eigenvalue weighted by Crippen LogP contribution is -2.55. The Labute approximate surface area is 124 Å². The van der Waals surface area contributed by atoms with Gasteiger partial charge < -0.3 is 10.4 Å². The maximum atomic E-state index is 9.10. The smallest absolute Gasteiger partial charge is 0.0431 e. The number of hydrogen-bond donors (Lipinski definition) is 2. The second-order valence-corrected chi connectivity index (χ2v) is 7.35. The minimum atomic E-state index is 0.362. The van der Waals surface area contributed by atoms with Crippen molar-refractivity contribution in [3.05, 3.63) is 0 Å². The zero-order chi connectivity index (χ0) is 13.8. The molecule has 0 aromatic carbocycles. The van der Waals surface area contributed by atoms with Crippen LogP contribution < -0.4 is 5.32 Å². The van der Waals surface area contributed by atoms with E-state index < -0.39 is 0 Å². The minimum Gasteiger partial charge on any atom is -0.396 e. The summed E-state index contributed by atoms with van der Waals surface area (Å²) in [6, 6.07) is 2.37. The Bertz CT molecular complexity index is 287. The first kappa shape index (κ1) is 14.8. The van der Waals surface area contributed by atoms with E-state index in [1.54, 1.807) is 0 Å². The molecule has 3 aliphatic rings. The van der Waals surface area contributed by atoms with Crippen molar-refractivity contribution in [3.8, 4) is 0 Å². The van der Waals surface area contributed by atoms with Gasteiger partial charge in [0, 0.05) is 37.8 Å². The molecule has 1 saturated heterocycles. The van der Waals surface area contributed by atoms with Gasteiger partial charge in [0.15, 0.2) is 0 Å². The lowest BCUT2D eigenvalue weighted by atomic mass is 9.84. The molecule has 0 radical (unpaired) electrons. The van der Waals surface area contributed by atoms with Crippen LogP contribution in [0.2, 0.25) is 0 Å². The van der Waals surface area contributed by atoms with Gasteiger partial charge in [0.1, 0.15) is 0 Å². The van der Waals surface area contributed by atoms with Crippen LogP contribution in [-0.2, 0) is 0 Å². The number of piperidine rings is 1. The second kappa shape index (κ2) is 7.24. The highest BCUT2D eigenvalue weighted by Crippen LogP contribution is 2.31. The van der Waals surface area contributed by atoms with Crippen LogP contribution in [0.1, 0.15) is 64.2 Å². The van der Waals surface area contributed by atoms with Crippen LogP contribution in [0.4, 0.5) is 0 Å². The van der Waals surface area contributed by atoms with E-state index in [2.05, 4.69) is 10.2 Å². The molecule has 3 fully saturated rings. The Morgan fingerprint density at radius 2 is 1.75 bits per heavy atom. The summed E-state index contributed by atoms with van der Waals surface area (Å²) in [7, 11) is 0. The summed E-state index contributed by atoms with van der Waals surface area (Å²) in [6.07, 6.45) is 13.4. The van der Waals surface area contributed by atoms with Crippen LogP contribution in [0.15, 0.2) is 0 Å². The average molecular weight is 280 g/mol. The highest BCUT2D eigenvalue weighted by molar-refractivity contribution is 4.91. The van der Waals surface area contributed by atoms with Crippen LogP contribution in [0.3, 0.4) is 0 Å². The van der Waals surface area contributed by atoms with Gasteiger partial charge in [-0.05, 0) is 50.9 Å². The Balaban J connectivity index is 1.53. The molecule has 2 unspecified atom stereocenters. The predicted octanol–water partition coefficient (Wildman–Crippen LogP) is 2.53. The summed E-state index contributed by atoms with van der Waals surface area (Å²) in [5.41, 5.74) is 0. The first-order valence-corrected chi connectivity index (χ1v) is 8.96. The van der Waals surface area contributed by atoms with E-state index in [9.17, 15) is 0 Å². The number of aliphatic hydroxyl groups excluding tert-OH is 1. The standard InChI is InChI=1S/C17H32N2O/c20-10-4-5-14-11-16(18-15-6-1-2-7-15)13-19(12-14)17-8-3-9-17/h14-18,20H,1-13H2. The van der Waals surface area contributed by atoms with Crippen molar-refractivity contribution in [2.24, 2.45) is 5.92 Å². The van der Waals surface area contributed by atoms with Crippen molar-refractivity contribution >= 4 is 0 Å². The number of nitrogens with zero attached hydrogens (tertiary/aromatic N) is 1. The molecule has 2 atom stereocenters. The lowest BCUT2D eigenvalue weighted by molar-refractivity contribution is 0.0515. The summed E-state index contributed by atoms with van der Waals surface area (Å²) in [4.78, 5) is 2.77. The molecule has 1 heterocycles. The molecule has 2 N–H and O–H groups in total. The largest absolute Gasteiger partial charge is 0.396 e. The number of aliphatic hydroxyl groups is 1. The maximum absolute atomic E-state index is 9.10. The molecule has 2 aliphatic carbocycles. The molecule has 0 aromatic rings. The first-order valence-electron chi connectivity index (χ1n) is 8.96. The van der Waals surface area contributed by atoms with Gasteiger partial charge in [-0.25, -0.2) is 0 Å². The Morgan fingerprint density at radius 1 is 0.950 bits per heavy atom. The van der Waals surface area contributed by atoms with Gasteiger partial charge in [-0.2, -0.15) is 0 Å². The Kier molecular flexibility index (Phi) is 5.36. The molecule has 0 amide bonds. The van der Waals surface area contributed by atoms with Gasteiger partial charge in [-0.15, -0.1) is 0 Å². The molecule has 0 bridgehead atoms. The third-order valence-electron chi connectivity index (χ3n) is 5.75. The molecular weight excluding hydrogens is 248 g/mol. The number of rotatable bonds is 6. The second-order valence-electron chi connectivity index (χ2n) is 7.35. The van der Waals surface area contributed by atoms with E-state index in [4.69, 9.17) is 5.11 Å². The van der Waals surface area contributed by atoms with Gasteiger partial charge in [0.25, 0.3) is 0 Å². The van der Waals surface area contributed by atoms with E-state index in [1.807, 2.05) is 0 Å². The van der Waals surface area contributed by atoms with E-state index >= 15 is 0 Å². The van der Waals surface area contributed by atoms with Gasteiger partial charge in [-0.3, -0.25) is 4.90 Å². The molecule has 0 aromatic heterocycles. The lowest BCUT2D eigenvalue weighted by Gasteiger charge is -2.46. The van der Waals surface area contributed by atoms with Crippen molar-refractivity contribution in [1.82, 2.24) is 10.2 Å². The van der Waals surface area contributed by atoms with E-state index in [0.717, 1.165) is 24.4 Å². The number of nitrogens with one attached hydrogen (secondary N) is 1. The van der Waals surface area contributed by atoms with E-state index in [1.165, 1.54) is 70.9 Å². The molecule has 3 nitrogen and oxygen atoms in total. The highest BCUT2D eigenvalue weighted by Gasteiger charge is 2.34. The van der Waals surface area contributed by atoms with Crippen molar-refractivity contribution in [2.75, 3.05) is 19.7 Å². The van der Waals surface area contributed by atoms with Crippen molar-refractivity contribution in [2.45, 2.75) is 82.3 Å². The average Bonchev–Trinajstić information content (AvgIpc) is 2.87. The van der Waals surface area contributed by atoms with Crippen LogP contribution in [0, 0.1) is 5.92 Å². The van der Waals surface area contributed by atoms with Gasteiger partial charge in [-0.1, -0.05) is 19.3 Å². The fourth-order valence-electron chi connectivity index (χ4n) is 4.43. The predicted molar refractivity (Wildman–Crippen MR) is 82.8 cm³/mol. The fraction of sp³-hybridized carbons (Fsp3) is 1.00. The summed E-state index contributed by atoms with van der Waals surface area (Å²) >= 11 is 0. The first-order chi connectivity index (χ1) is 9.85. The van der Waals surface area contributed by atoms with Gasteiger partial charge in [0.05, 0.1) is 0 Å². The quantitative estimate of drug-likeness (QED) is 0.785. The monoisotopic (exact) mass is 280 g/mol. The molecule has 0 spiro atoms. The zero-order valence-electron chi connectivity index (χ0n) is 12.9. The SMILES string of the molecule is OCCCC1CC(NC2CCCC2)CN(C2CCC2)C1. The van der Waals surface area contributed by atoms with Crippen LogP contribution in [0.5, 0.6) is 0 Å². The molecule has 3 heteroatoms. The summed E-state index contributed by atoms with van der Waals surface area (Å²) in [6.45, 7) is 2.92. The van der Waals surface area contributed by atoms with Crippen molar-refractivity contribution in [3.63, 3.8) is 0 Å². The van der Waals surface area contributed by atoms with Gasteiger partial charge >= 0.3 is 0 Å². The topological polar surface area (TPSA) is 35.5 Å². The molecule has 116 valence electrons. The third-order valence-corrected chi connectivity index (χ3v) is 5.75. The third kappa shape index (κ3) is 3.75. The molecule has 2 saturated carbocycles. The highest BCUT2D eigenvalue weighted by atomic mass is 16.2. The Morgan fingerprint density at radius 3 is 2.40 bits per heavy atom. The normalized spacial score (nSPS) is 33.5. The number of likely N-dealkylation sites (tertiary alicyclic amines) is 1. The van der Waals surface area contributed by atoms with E-state index in [0.29, 0.717) is 12.6 Å². The Hall–Kier alpha value is -0.120. The fourth-order valence-corrected chi connectivity index (χ4v) is 4.43. The molecule has 20 heavy (non-hydrogen) atoms. The van der Waals surface area contributed by atoms with Crippen molar-refractivity contribution < 1.29 is 5.11 Å². The van der Waals surface area contributed by atoms with Crippen molar-refractivity contribution in [1.29, 1.82) is 0 Å². The minimum absolute atomic E-state index is 0.362. The molecule has 3 rings (SSSR count). The maximum Gasteiger partial charge on any atom is 0.0431 e. The molecule has 1 aliphatic heterocycles. The summed E-state index contributed by atoms with van der Waals surface area (Å²) in [5, 5.41) is 13.0. The summed E-state index contributed by atoms with van der Waals surface area (Å²) < 4.78 is 0. The summed E-state index contributed by atoms with van der Waals surface area (Å²) in [5.74, 6) is 0.801. The van der Waals surface area contributed by atoms with Crippen LogP contribution >= 0.6 is 0 Å². The van der Waals surface area contributed by atoms with Crippen LogP contribution in [0.25, 0.3) is 0 Å². The zero-order valence-corrected chi connectivity index (χ0v) is 12.9. The molecular formula is C17H32N2O. The van der Waals surface area contributed by atoms with Gasteiger partial charge in [0.2, 0.25) is 0 Å². The van der Waals surface area contributed by atoms with E-state index in [-0.39, 0.29) is 0 Å².